The largest absolute Gasteiger partial charge is 0.383 e. The van der Waals surface area contributed by atoms with Gasteiger partial charge in [0.15, 0.2) is 5.79 Å². The third-order valence-corrected chi connectivity index (χ3v) is 4.56. The number of rotatable bonds is 1. The first-order valence-corrected chi connectivity index (χ1v) is 7.05. The van der Waals surface area contributed by atoms with E-state index in [2.05, 4.69) is 4.98 Å². The second kappa shape index (κ2) is 4.70. The van der Waals surface area contributed by atoms with Crippen molar-refractivity contribution in [2.24, 2.45) is 5.92 Å². The van der Waals surface area contributed by atoms with Crippen molar-refractivity contribution in [2.75, 3.05) is 13.2 Å². The summed E-state index contributed by atoms with van der Waals surface area (Å²) in [6.45, 7) is 3.31. The number of nitrogens with zero attached hydrogens (tertiary/aromatic N) is 1. The minimum absolute atomic E-state index is 0.104. The van der Waals surface area contributed by atoms with E-state index in [0.29, 0.717) is 43.2 Å². The van der Waals surface area contributed by atoms with Gasteiger partial charge in [0.1, 0.15) is 5.60 Å². The monoisotopic (exact) mass is 283 g/mol. The highest BCUT2D eigenvalue weighted by atomic mass is 35.5. The van der Waals surface area contributed by atoms with Gasteiger partial charge in [-0.25, -0.2) is 0 Å². The van der Waals surface area contributed by atoms with Gasteiger partial charge in [-0.15, -0.1) is 0 Å². The average molecular weight is 284 g/mol. The van der Waals surface area contributed by atoms with E-state index in [1.54, 1.807) is 18.3 Å². The summed E-state index contributed by atoms with van der Waals surface area (Å²) in [5.41, 5.74) is -0.422. The minimum Gasteiger partial charge on any atom is -0.383 e. The zero-order valence-electron chi connectivity index (χ0n) is 10.9. The Morgan fingerprint density at radius 3 is 2.74 bits per heavy atom. The van der Waals surface area contributed by atoms with E-state index in [4.69, 9.17) is 21.1 Å². The Morgan fingerprint density at radius 2 is 2.11 bits per heavy atom. The van der Waals surface area contributed by atoms with Crippen LogP contribution in [0.4, 0.5) is 0 Å². The third kappa shape index (κ3) is 2.17. The van der Waals surface area contributed by atoms with Gasteiger partial charge in [0.05, 0.1) is 23.9 Å². The van der Waals surface area contributed by atoms with E-state index in [1.165, 1.54) is 0 Å². The Bertz CT molecular complexity index is 476. The molecule has 0 amide bonds. The average Bonchev–Trinajstić information content (AvgIpc) is 2.85. The summed E-state index contributed by atoms with van der Waals surface area (Å²) in [6, 6.07) is 3.53. The van der Waals surface area contributed by atoms with Crippen LogP contribution in [0.5, 0.6) is 0 Å². The topological polar surface area (TPSA) is 51.6 Å². The molecule has 1 aromatic heterocycles. The predicted molar refractivity (Wildman–Crippen MR) is 70.8 cm³/mol. The Hall–Kier alpha value is -0.680. The van der Waals surface area contributed by atoms with Crippen molar-refractivity contribution in [1.29, 1.82) is 0 Å². The lowest BCUT2D eigenvalue weighted by atomic mass is 9.73. The molecular weight excluding hydrogens is 266 g/mol. The van der Waals surface area contributed by atoms with Gasteiger partial charge in [0, 0.05) is 18.5 Å². The molecule has 1 aromatic rings. The Labute approximate surface area is 117 Å². The summed E-state index contributed by atoms with van der Waals surface area (Å²) in [4.78, 5) is 4.26. The molecular formula is C14H18ClNO3. The maximum Gasteiger partial charge on any atom is 0.171 e. The molecule has 1 spiro atoms. The highest BCUT2D eigenvalue weighted by Gasteiger charge is 2.52. The van der Waals surface area contributed by atoms with Crippen molar-refractivity contribution in [1.82, 2.24) is 4.98 Å². The number of hydrogen-bond acceptors (Lipinski definition) is 4. The van der Waals surface area contributed by atoms with Gasteiger partial charge >= 0.3 is 0 Å². The molecule has 1 aliphatic heterocycles. The fourth-order valence-corrected chi connectivity index (χ4v) is 3.53. The maximum absolute atomic E-state index is 10.9. The van der Waals surface area contributed by atoms with Crippen LogP contribution in [-0.2, 0) is 15.1 Å². The molecule has 4 nitrogen and oxygen atoms in total. The van der Waals surface area contributed by atoms with Crippen LogP contribution < -0.4 is 0 Å². The van der Waals surface area contributed by atoms with E-state index >= 15 is 0 Å². The van der Waals surface area contributed by atoms with Gasteiger partial charge in [0.25, 0.3) is 0 Å². The standard InChI is InChI=1S/C14H18ClNO3/c1-10-9-13(17,12-11(15)3-2-6-16-12)4-5-14(10)18-7-8-19-14/h2-3,6,10,17H,4-5,7-9H2,1H3. The van der Waals surface area contributed by atoms with E-state index in [1.807, 2.05) is 6.92 Å². The summed E-state index contributed by atoms with van der Waals surface area (Å²) in [5, 5.41) is 11.4. The Kier molecular flexibility index (Phi) is 3.29. The number of pyridine rings is 1. The molecule has 0 radical (unpaired) electrons. The van der Waals surface area contributed by atoms with Crippen LogP contribution in [0.25, 0.3) is 0 Å². The smallest absolute Gasteiger partial charge is 0.171 e. The molecule has 0 aromatic carbocycles. The molecule has 2 aliphatic rings. The number of halogens is 1. The van der Waals surface area contributed by atoms with Crippen molar-refractivity contribution in [2.45, 2.75) is 37.6 Å². The quantitative estimate of drug-likeness (QED) is 0.860. The molecule has 104 valence electrons. The zero-order chi connectivity index (χ0) is 13.5. The molecule has 19 heavy (non-hydrogen) atoms. The number of ether oxygens (including phenoxy) is 2. The van der Waals surface area contributed by atoms with E-state index in [9.17, 15) is 5.11 Å². The van der Waals surface area contributed by atoms with Crippen LogP contribution >= 0.6 is 11.6 Å². The van der Waals surface area contributed by atoms with Gasteiger partial charge < -0.3 is 14.6 Å². The lowest BCUT2D eigenvalue weighted by molar-refractivity contribution is -0.236. The summed E-state index contributed by atoms with van der Waals surface area (Å²) in [7, 11) is 0. The van der Waals surface area contributed by atoms with Crippen molar-refractivity contribution < 1.29 is 14.6 Å². The molecule has 1 saturated heterocycles. The fourth-order valence-electron chi connectivity index (χ4n) is 3.23. The van der Waals surface area contributed by atoms with Crippen molar-refractivity contribution in [3.05, 3.63) is 29.0 Å². The third-order valence-electron chi connectivity index (χ3n) is 4.26. The summed E-state index contributed by atoms with van der Waals surface area (Å²) in [5.74, 6) is -0.417. The van der Waals surface area contributed by atoms with E-state index in [0.717, 1.165) is 0 Å². The van der Waals surface area contributed by atoms with Gasteiger partial charge in [-0.3, -0.25) is 4.98 Å². The van der Waals surface area contributed by atoms with Crippen LogP contribution in [0.3, 0.4) is 0 Å². The van der Waals surface area contributed by atoms with Crippen molar-refractivity contribution in [3.63, 3.8) is 0 Å². The number of hydrogen-bond donors (Lipinski definition) is 1. The highest BCUT2D eigenvalue weighted by molar-refractivity contribution is 6.31. The summed E-state index contributed by atoms with van der Waals surface area (Å²) in [6.07, 6.45) is 3.42. The molecule has 1 saturated carbocycles. The SMILES string of the molecule is CC1CC(O)(c2ncccc2Cl)CCC12OCCO2. The first-order valence-electron chi connectivity index (χ1n) is 6.67. The highest BCUT2D eigenvalue weighted by Crippen LogP contribution is 2.48. The summed E-state index contributed by atoms with van der Waals surface area (Å²) < 4.78 is 11.5. The lowest BCUT2D eigenvalue weighted by Crippen LogP contribution is -2.48. The maximum atomic E-state index is 10.9. The molecule has 1 aliphatic carbocycles. The van der Waals surface area contributed by atoms with Gasteiger partial charge in [-0.2, -0.15) is 0 Å². The van der Waals surface area contributed by atoms with Gasteiger partial charge in [-0.1, -0.05) is 18.5 Å². The van der Waals surface area contributed by atoms with E-state index in [-0.39, 0.29) is 5.92 Å². The molecule has 2 fully saturated rings. The second-order valence-corrected chi connectivity index (χ2v) is 5.89. The summed E-state index contributed by atoms with van der Waals surface area (Å²) >= 11 is 6.16. The second-order valence-electron chi connectivity index (χ2n) is 5.48. The normalized spacial score (nSPS) is 33.7. The molecule has 5 heteroatoms. The van der Waals surface area contributed by atoms with Crippen molar-refractivity contribution >= 4 is 11.6 Å². The van der Waals surface area contributed by atoms with Gasteiger partial charge in [0.2, 0.25) is 0 Å². The minimum atomic E-state index is -0.988. The first kappa shape index (κ1) is 13.3. The van der Waals surface area contributed by atoms with Crippen LogP contribution in [0.1, 0.15) is 31.9 Å². The predicted octanol–water partition coefficient (Wildman–Crippen LogP) is 2.49. The molecule has 2 unspecified atom stereocenters. The Balaban J connectivity index is 1.86. The Morgan fingerprint density at radius 1 is 1.37 bits per heavy atom. The fraction of sp³-hybridized carbons (Fsp3) is 0.643. The molecule has 0 bridgehead atoms. The van der Waals surface area contributed by atoms with Gasteiger partial charge in [-0.05, 0) is 25.0 Å². The molecule has 3 rings (SSSR count). The number of aromatic nitrogens is 1. The van der Waals surface area contributed by atoms with E-state index < -0.39 is 11.4 Å². The molecule has 1 N–H and O–H groups in total. The zero-order valence-corrected chi connectivity index (χ0v) is 11.7. The van der Waals surface area contributed by atoms with Crippen LogP contribution in [-0.4, -0.2) is 29.1 Å². The number of aliphatic hydroxyl groups is 1. The van der Waals surface area contributed by atoms with Crippen LogP contribution in [0, 0.1) is 5.92 Å². The first-order chi connectivity index (χ1) is 9.06. The van der Waals surface area contributed by atoms with Crippen LogP contribution in [0.15, 0.2) is 18.3 Å². The molecule has 2 atom stereocenters. The van der Waals surface area contributed by atoms with Crippen LogP contribution in [0.2, 0.25) is 5.02 Å². The van der Waals surface area contributed by atoms with Crippen molar-refractivity contribution in [3.8, 4) is 0 Å². The lowest BCUT2D eigenvalue weighted by Gasteiger charge is -2.44. The molecule has 2 heterocycles.